The molecule has 2 atom stereocenters. The Morgan fingerprint density at radius 2 is 2.47 bits per heavy atom. The van der Waals surface area contributed by atoms with Crippen molar-refractivity contribution in [3.8, 4) is 0 Å². The maximum absolute atomic E-state index is 10.9. The zero-order valence-corrected chi connectivity index (χ0v) is 9.53. The van der Waals surface area contributed by atoms with Gasteiger partial charge in [-0.2, -0.15) is 0 Å². The molecule has 1 fully saturated rings. The van der Waals surface area contributed by atoms with Crippen LogP contribution in [0.1, 0.15) is 6.92 Å². The van der Waals surface area contributed by atoms with Crippen LogP contribution in [0.4, 0.5) is 0 Å². The van der Waals surface area contributed by atoms with Crippen molar-refractivity contribution < 1.29 is 9.53 Å². The Hall–Kier alpha value is -0.650. The van der Waals surface area contributed by atoms with E-state index in [-0.39, 0.29) is 17.9 Å². The van der Waals surface area contributed by atoms with Gasteiger partial charge in [0.1, 0.15) is 0 Å². The molecule has 0 spiro atoms. The maximum Gasteiger partial charge on any atom is 0.221 e. The third-order valence-corrected chi connectivity index (χ3v) is 2.67. The average molecular weight is 215 g/mol. The molecule has 0 aromatic rings. The van der Waals surface area contributed by atoms with E-state index in [1.165, 1.54) is 0 Å². The van der Waals surface area contributed by atoms with E-state index in [4.69, 9.17) is 10.5 Å². The molecule has 0 aromatic heterocycles. The van der Waals surface area contributed by atoms with Crippen molar-refractivity contribution >= 4 is 5.91 Å². The quantitative estimate of drug-likeness (QED) is 0.619. The summed E-state index contributed by atoms with van der Waals surface area (Å²) in [5.41, 5.74) is 5.24. The van der Waals surface area contributed by atoms with Gasteiger partial charge < -0.3 is 15.8 Å². The Labute approximate surface area is 90.9 Å². The largest absolute Gasteiger partial charge is 0.374 e. The molecule has 0 saturated carbocycles. The van der Waals surface area contributed by atoms with Crippen molar-refractivity contribution in [1.82, 2.24) is 10.2 Å². The lowest BCUT2D eigenvalue weighted by Crippen LogP contribution is -2.48. The number of nitrogens with zero attached hydrogens (tertiary/aromatic N) is 1. The molecule has 0 radical (unpaired) electrons. The van der Waals surface area contributed by atoms with Gasteiger partial charge in [-0.3, -0.25) is 9.69 Å². The molecule has 1 amide bonds. The zero-order valence-electron chi connectivity index (χ0n) is 9.53. The number of nitrogens with two attached hydrogens (primary N) is 1. The lowest BCUT2D eigenvalue weighted by atomic mass is 10.1. The van der Waals surface area contributed by atoms with Crippen LogP contribution in [0.3, 0.4) is 0 Å². The molecule has 1 aliphatic rings. The lowest BCUT2D eigenvalue weighted by molar-refractivity contribution is -0.122. The molecule has 0 aromatic carbocycles. The highest BCUT2D eigenvalue weighted by Crippen LogP contribution is 2.07. The summed E-state index contributed by atoms with van der Waals surface area (Å²) in [5.74, 6) is -0.315. The van der Waals surface area contributed by atoms with Crippen LogP contribution in [-0.2, 0) is 9.53 Å². The Bertz CT molecular complexity index is 209. The Balaban J connectivity index is 2.32. The van der Waals surface area contributed by atoms with E-state index in [2.05, 4.69) is 10.2 Å². The summed E-state index contributed by atoms with van der Waals surface area (Å²) in [6.07, 6.45) is 0.226. The number of ether oxygens (including phenoxy) is 1. The van der Waals surface area contributed by atoms with Crippen molar-refractivity contribution in [2.24, 2.45) is 11.7 Å². The summed E-state index contributed by atoms with van der Waals surface area (Å²) in [5, 5.41) is 3.09. The fraction of sp³-hybridized carbons (Fsp3) is 0.900. The number of rotatable bonds is 5. The van der Waals surface area contributed by atoms with Gasteiger partial charge in [-0.05, 0) is 7.05 Å². The Kier molecular flexibility index (Phi) is 5.01. The van der Waals surface area contributed by atoms with Crippen LogP contribution >= 0.6 is 0 Å². The predicted octanol–water partition coefficient (Wildman–Crippen LogP) is -0.972. The standard InChI is InChI=1S/C10H21N3O2/c1-8(10(11)14)6-13-3-4-15-9(7-13)5-12-2/h8-9,12H,3-7H2,1-2H3,(H2,11,14). The third kappa shape index (κ3) is 4.15. The van der Waals surface area contributed by atoms with Gasteiger partial charge in [0.15, 0.2) is 0 Å². The number of hydrogen-bond donors (Lipinski definition) is 2. The van der Waals surface area contributed by atoms with E-state index in [9.17, 15) is 4.79 Å². The van der Waals surface area contributed by atoms with Gasteiger partial charge in [-0.15, -0.1) is 0 Å². The van der Waals surface area contributed by atoms with Crippen LogP contribution in [-0.4, -0.2) is 56.7 Å². The van der Waals surface area contributed by atoms with Crippen molar-refractivity contribution in [3.63, 3.8) is 0 Å². The molecule has 3 N–H and O–H groups in total. The van der Waals surface area contributed by atoms with Crippen molar-refractivity contribution in [2.45, 2.75) is 13.0 Å². The number of primary amides is 1. The number of carbonyl (C=O) groups is 1. The second-order valence-corrected chi connectivity index (χ2v) is 4.11. The highest BCUT2D eigenvalue weighted by molar-refractivity contribution is 5.76. The van der Waals surface area contributed by atoms with Crippen molar-refractivity contribution in [3.05, 3.63) is 0 Å². The molecule has 5 heteroatoms. The molecule has 1 heterocycles. The lowest BCUT2D eigenvalue weighted by Gasteiger charge is -2.33. The topological polar surface area (TPSA) is 67.6 Å². The SMILES string of the molecule is CNCC1CN(CC(C)C(N)=O)CCO1. The number of nitrogens with one attached hydrogen (secondary N) is 1. The minimum Gasteiger partial charge on any atom is -0.374 e. The molecule has 0 aliphatic carbocycles. The monoisotopic (exact) mass is 215 g/mol. The minimum atomic E-state index is -0.230. The molecule has 2 unspecified atom stereocenters. The van der Waals surface area contributed by atoms with Crippen LogP contribution in [0.5, 0.6) is 0 Å². The van der Waals surface area contributed by atoms with Crippen LogP contribution in [0.15, 0.2) is 0 Å². The van der Waals surface area contributed by atoms with Gasteiger partial charge in [-0.25, -0.2) is 0 Å². The van der Waals surface area contributed by atoms with Gasteiger partial charge in [0, 0.05) is 32.1 Å². The van der Waals surface area contributed by atoms with Crippen molar-refractivity contribution in [1.29, 1.82) is 0 Å². The molecule has 1 aliphatic heterocycles. The van der Waals surface area contributed by atoms with Gasteiger partial charge >= 0.3 is 0 Å². The zero-order chi connectivity index (χ0) is 11.3. The van der Waals surface area contributed by atoms with E-state index in [1.807, 2.05) is 14.0 Å². The summed E-state index contributed by atoms with van der Waals surface area (Å²) < 4.78 is 5.57. The van der Waals surface area contributed by atoms with E-state index in [0.29, 0.717) is 0 Å². The maximum atomic E-state index is 10.9. The normalized spacial score (nSPS) is 25.1. The molecule has 0 bridgehead atoms. The van der Waals surface area contributed by atoms with Crippen molar-refractivity contribution in [2.75, 3.05) is 39.8 Å². The molecule has 1 saturated heterocycles. The first kappa shape index (κ1) is 12.4. The summed E-state index contributed by atoms with van der Waals surface area (Å²) in [6.45, 7) is 5.94. The summed E-state index contributed by atoms with van der Waals surface area (Å²) in [7, 11) is 1.91. The third-order valence-electron chi connectivity index (χ3n) is 2.67. The van der Waals surface area contributed by atoms with Gasteiger partial charge in [0.25, 0.3) is 0 Å². The molecular weight excluding hydrogens is 194 g/mol. The number of amides is 1. The highest BCUT2D eigenvalue weighted by Gasteiger charge is 2.22. The Morgan fingerprint density at radius 3 is 3.07 bits per heavy atom. The fourth-order valence-electron chi connectivity index (χ4n) is 1.77. The minimum absolute atomic E-state index is 0.0849. The van der Waals surface area contributed by atoms with Gasteiger partial charge in [0.05, 0.1) is 12.7 Å². The smallest absolute Gasteiger partial charge is 0.221 e. The van der Waals surface area contributed by atoms with Crippen LogP contribution in [0.25, 0.3) is 0 Å². The van der Waals surface area contributed by atoms with E-state index in [1.54, 1.807) is 0 Å². The highest BCUT2D eigenvalue weighted by atomic mass is 16.5. The van der Waals surface area contributed by atoms with E-state index in [0.717, 1.165) is 32.8 Å². The number of likely N-dealkylation sites (N-methyl/N-ethyl adjacent to an activating group) is 1. The second kappa shape index (κ2) is 6.05. The molecular formula is C10H21N3O2. The number of hydrogen-bond acceptors (Lipinski definition) is 4. The average Bonchev–Trinajstić information content (AvgIpc) is 2.18. The first-order chi connectivity index (χ1) is 7.13. The predicted molar refractivity (Wildman–Crippen MR) is 58.5 cm³/mol. The number of morpholine rings is 1. The van der Waals surface area contributed by atoms with Crippen LogP contribution in [0, 0.1) is 5.92 Å². The molecule has 5 nitrogen and oxygen atoms in total. The second-order valence-electron chi connectivity index (χ2n) is 4.11. The molecule has 88 valence electrons. The van der Waals surface area contributed by atoms with E-state index >= 15 is 0 Å². The van der Waals surface area contributed by atoms with E-state index < -0.39 is 0 Å². The van der Waals surface area contributed by atoms with Gasteiger partial charge in [0.2, 0.25) is 5.91 Å². The summed E-state index contributed by atoms with van der Waals surface area (Å²) in [6, 6.07) is 0. The molecule has 1 rings (SSSR count). The summed E-state index contributed by atoms with van der Waals surface area (Å²) in [4.78, 5) is 13.2. The number of carbonyl (C=O) groups excluding carboxylic acids is 1. The first-order valence-corrected chi connectivity index (χ1v) is 5.41. The van der Waals surface area contributed by atoms with Crippen LogP contribution in [0.2, 0.25) is 0 Å². The fourth-order valence-corrected chi connectivity index (χ4v) is 1.77. The van der Waals surface area contributed by atoms with Crippen LogP contribution < -0.4 is 11.1 Å². The first-order valence-electron chi connectivity index (χ1n) is 5.41. The molecule has 15 heavy (non-hydrogen) atoms. The Morgan fingerprint density at radius 1 is 1.73 bits per heavy atom. The summed E-state index contributed by atoms with van der Waals surface area (Å²) >= 11 is 0. The van der Waals surface area contributed by atoms with Gasteiger partial charge in [-0.1, -0.05) is 6.92 Å².